The van der Waals surface area contributed by atoms with E-state index in [2.05, 4.69) is 20.1 Å². The van der Waals surface area contributed by atoms with Gasteiger partial charge in [-0.1, -0.05) is 25.5 Å². The van der Waals surface area contributed by atoms with Crippen LogP contribution in [-0.4, -0.2) is 16.4 Å². The zero-order chi connectivity index (χ0) is 8.53. The summed E-state index contributed by atoms with van der Waals surface area (Å²) in [6.07, 6.45) is 6.23. The molecule has 0 rings (SSSR count). The van der Waals surface area contributed by atoms with Gasteiger partial charge in [0, 0.05) is 12.1 Å². The van der Waals surface area contributed by atoms with Crippen LogP contribution in [0.25, 0.3) is 0 Å². The first-order chi connectivity index (χ1) is 5.35. The van der Waals surface area contributed by atoms with Gasteiger partial charge in [-0.15, -0.1) is 13.2 Å². The van der Waals surface area contributed by atoms with Crippen LogP contribution in [0, 0.1) is 0 Å². The maximum atomic E-state index is 5.51. The Labute approximate surface area is 72.1 Å². The molecule has 2 heteroatoms. The Kier molecular flexibility index (Phi) is 7.52. The van der Waals surface area contributed by atoms with Gasteiger partial charge in [0.25, 0.3) is 0 Å². The Morgan fingerprint density at radius 2 is 2.09 bits per heavy atom. The summed E-state index contributed by atoms with van der Waals surface area (Å²) < 4.78 is 5.51. The molecule has 64 valence electrons. The van der Waals surface area contributed by atoms with E-state index in [1.54, 1.807) is 0 Å². The normalized spacial score (nSPS) is 11.1. The largest absolute Gasteiger partial charge is 0.423 e. The minimum Gasteiger partial charge on any atom is -0.423 e. The number of hydrogen-bond acceptors (Lipinski definition) is 1. The average Bonchev–Trinajstić information content (AvgIpc) is 2.05. The van der Waals surface area contributed by atoms with E-state index < -0.39 is 9.76 Å². The fourth-order valence-corrected chi connectivity index (χ4v) is 1.61. The van der Waals surface area contributed by atoms with Crippen LogP contribution in [0.2, 0.25) is 5.54 Å². The molecule has 0 aromatic carbocycles. The third-order valence-electron chi connectivity index (χ3n) is 1.56. The van der Waals surface area contributed by atoms with Crippen LogP contribution in [0.15, 0.2) is 25.3 Å². The van der Waals surface area contributed by atoms with Gasteiger partial charge in [-0.2, -0.15) is 0 Å². The molecule has 0 bridgehead atoms. The Bertz CT molecular complexity index is 104. The molecular formula is C9H18OSi. The highest BCUT2D eigenvalue weighted by molar-refractivity contribution is 6.31. The summed E-state index contributed by atoms with van der Waals surface area (Å²) in [5.41, 5.74) is 0.451. The second-order valence-electron chi connectivity index (χ2n) is 2.56. The van der Waals surface area contributed by atoms with Gasteiger partial charge in [0.2, 0.25) is 0 Å². The van der Waals surface area contributed by atoms with Crippen molar-refractivity contribution in [3.8, 4) is 0 Å². The van der Waals surface area contributed by atoms with E-state index in [0.29, 0.717) is 5.54 Å². The lowest BCUT2D eigenvalue weighted by molar-refractivity contribution is 0.325. The summed E-state index contributed by atoms with van der Waals surface area (Å²) in [6.45, 7) is 10.5. The zero-order valence-corrected chi connectivity index (χ0v) is 8.80. The van der Waals surface area contributed by atoms with E-state index in [1.165, 1.54) is 12.8 Å². The van der Waals surface area contributed by atoms with E-state index in [9.17, 15) is 0 Å². The molecule has 0 aliphatic carbocycles. The van der Waals surface area contributed by atoms with Crippen LogP contribution in [-0.2, 0) is 4.43 Å². The molecule has 0 heterocycles. The number of unbranched alkanes of at least 4 members (excludes halogenated alkanes) is 1. The summed E-state index contributed by atoms with van der Waals surface area (Å²) in [6, 6.07) is 0. The van der Waals surface area contributed by atoms with E-state index in [-0.39, 0.29) is 0 Å². The second-order valence-corrected chi connectivity index (χ2v) is 4.25. The molecule has 0 spiro atoms. The molecule has 1 nitrogen and oxygen atoms in total. The third-order valence-corrected chi connectivity index (χ3v) is 3.13. The Hall–Kier alpha value is -0.343. The van der Waals surface area contributed by atoms with E-state index >= 15 is 0 Å². The first-order valence-electron chi connectivity index (χ1n) is 4.18. The van der Waals surface area contributed by atoms with Crippen LogP contribution in [0.4, 0.5) is 0 Å². The van der Waals surface area contributed by atoms with Gasteiger partial charge >= 0.3 is 0 Å². The van der Waals surface area contributed by atoms with Gasteiger partial charge in [-0.25, -0.2) is 0 Å². The van der Waals surface area contributed by atoms with Crippen molar-refractivity contribution in [3.63, 3.8) is 0 Å². The average molecular weight is 170 g/mol. The monoisotopic (exact) mass is 170 g/mol. The highest BCUT2D eigenvalue weighted by Gasteiger charge is 1.98. The van der Waals surface area contributed by atoms with Gasteiger partial charge in [0.1, 0.15) is 0 Å². The zero-order valence-electron chi connectivity index (χ0n) is 7.38. The first kappa shape index (κ1) is 10.7. The van der Waals surface area contributed by atoms with Crippen LogP contribution < -0.4 is 0 Å². The Morgan fingerprint density at radius 3 is 2.55 bits per heavy atom. The SMILES string of the molecule is C=CC(C=C)[SiH2]OCCCC. The van der Waals surface area contributed by atoms with Crippen LogP contribution in [0.3, 0.4) is 0 Å². The molecular weight excluding hydrogens is 152 g/mol. The number of hydrogen-bond donors (Lipinski definition) is 0. The molecule has 0 aliphatic rings. The van der Waals surface area contributed by atoms with Gasteiger partial charge in [0.15, 0.2) is 9.76 Å². The lowest BCUT2D eigenvalue weighted by Crippen LogP contribution is -2.04. The van der Waals surface area contributed by atoms with Crippen LogP contribution in [0.1, 0.15) is 19.8 Å². The molecule has 0 amide bonds. The first-order valence-corrected chi connectivity index (χ1v) is 5.57. The fraction of sp³-hybridized carbons (Fsp3) is 0.556. The second kappa shape index (κ2) is 7.76. The van der Waals surface area contributed by atoms with E-state index in [0.717, 1.165) is 6.61 Å². The Morgan fingerprint density at radius 1 is 1.45 bits per heavy atom. The molecule has 0 aliphatic heterocycles. The standard InChI is InChI=1S/C9H18OSi/c1-4-7-8-10-11-9(5-2)6-3/h5-6,9H,2-4,7-8,11H2,1H3. The molecule has 0 unspecified atom stereocenters. The molecule has 0 atom stereocenters. The predicted octanol–water partition coefficient (Wildman–Crippen LogP) is 2.05. The summed E-state index contributed by atoms with van der Waals surface area (Å²) in [7, 11) is -0.431. The highest BCUT2D eigenvalue weighted by atomic mass is 28.2. The van der Waals surface area contributed by atoms with Gasteiger partial charge < -0.3 is 4.43 Å². The van der Waals surface area contributed by atoms with Crippen LogP contribution >= 0.6 is 0 Å². The van der Waals surface area contributed by atoms with Crippen molar-refractivity contribution >= 4 is 9.76 Å². The highest BCUT2D eigenvalue weighted by Crippen LogP contribution is 2.04. The van der Waals surface area contributed by atoms with E-state index in [4.69, 9.17) is 4.43 Å². The molecule has 0 fully saturated rings. The Balaban J connectivity index is 3.21. The van der Waals surface area contributed by atoms with Crippen molar-refractivity contribution in [2.24, 2.45) is 0 Å². The van der Waals surface area contributed by atoms with Crippen molar-refractivity contribution in [2.45, 2.75) is 25.3 Å². The van der Waals surface area contributed by atoms with Gasteiger partial charge in [-0.05, 0) is 6.42 Å². The van der Waals surface area contributed by atoms with Gasteiger partial charge in [-0.3, -0.25) is 0 Å². The van der Waals surface area contributed by atoms with Crippen LogP contribution in [0.5, 0.6) is 0 Å². The fourth-order valence-electron chi connectivity index (χ4n) is 0.698. The minimum absolute atomic E-state index is 0.431. The summed E-state index contributed by atoms with van der Waals surface area (Å²) in [5.74, 6) is 0. The molecule has 11 heavy (non-hydrogen) atoms. The van der Waals surface area contributed by atoms with Gasteiger partial charge in [0.05, 0.1) is 0 Å². The quantitative estimate of drug-likeness (QED) is 0.323. The van der Waals surface area contributed by atoms with E-state index in [1.807, 2.05) is 12.2 Å². The summed E-state index contributed by atoms with van der Waals surface area (Å²) in [4.78, 5) is 0. The maximum absolute atomic E-state index is 5.51. The van der Waals surface area contributed by atoms with Crippen molar-refractivity contribution in [3.05, 3.63) is 25.3 Å². The molecule has 0 saturated heterocycles. The topological polar surface area (TPSA) is 9.23 Å². The van der Waals surface area contributed by atoms with Crippen molar-refractivity contribution in [1.29, 1.82) is 0 Å². The smallest absolute Gasteiger partial charge is 0.171 e. The predicted molar refractivity (Wildman–Crippen MR) is 53.5 cm³/mol. The molecule has 0 N–H and O–H groups in total. The van der Waals surface area contributed by atoms with Crippen molar-refractivity contribution in [2.75, 3.05) is 6.61 Å². The number of allylic oxidation sites excluding steroid dienone is 2. The molecule has 0 aromatic rings. The molecule has 0 radical (unpaired) electrons. The summed E-state index contributed by atoms with van der Waals surface area (Å²) in [5, 5.41) is 0. The van der Waals surface area contributed by atoms with Crippen molar-refractivity contribution in [1.82, 2.24) is 0 Å². The molecule has 0 aromatic heterocycles. The molecule has 0 saturated carbocycles. The minimum atomic E-state index is -0.431. The lowest BCUT2D eigenvalue weighted by atomic mass is 10.4. The lowest BCUT2D eigenvalue weighted by Gasteiger charge is -2.06. The third kappa shape index (κ3) is 6.07. The van der Waals surface area contributed by atoms with Crippen molar-refractivity contribution < 1.29 is 4.43 Å². The summed E-state index contributed by atoms with van der Waals surface area (Å²) >= 11 is 0. The maximum Gasteiger partial charge on any atom is 0.171 e. The number of rotatable bonds is 7.